The molecule has 0 aromatic heterocycles. The Bertz CT molecular complexity index is 367. The van der Waals surface area contributed by atoms with Gasteiger partial charge in [0, 0.05) is 37.2 Å². The first kappa shape index (κ1) is 13.8. The summed E-state index contributed by atoms with van der Waals surface area (Å²) < 4.78 is 5.35. The van der Waals surface area contributed by atoms with E-state index in [1.807, 2.05) is 18.2 Å². The van der Waals surface area contributed by atoms with Gasteiger partial charge in [-0.05, 0) is 24.6 Å². The van der Waals surface area contributed by atoms with Gasteiger partial charge in [-0.3, -0.25) is 4.90 Å². The summed E-state index contributed by atoms with van der Waals surface area (Å²) in [6.07, 6.45) is 0. The van der Waals surface area contributed by atoms with E-state index >= 15 is 0 Å². The molecule has 1 aliphatic heterocycles. The number of halogens is 1. The molecule has 1 aromatic carbocycles. The molecule has 1 unspecified atom stereocenters. The number of rotatable bonds is 5. The first-order valence-corrected chi connectivity index (χ1v) is 6.90. The van der Waals surface area contributed by atoms with Crippen LogP contribution in [0.3, 0.4) is 0 Å². The summed E-state index contributed by atoms with van der Waals surface area (Å²) in [5.41, 5.74) is 1.23. The Labute approximate surface area is 114 Å². The van der Waals surface area contributed by atoms with Crippen molar-refractivity contribution >= 4 is 11.6 Å². The first-order chi connectivity index (χ1) is 8.74. The van der Waals surface area contributed by atoms with Crippen LogP contribution in [0.4, 0.5) is 0 Å². The third kappa shape index (κ3) is 4.58. The molecule has 4 heteroatoms. The summed E-state index contributed by atoms with van der Waals surface area (Å²) in [7, 11) is 0. The highest BCUT2D eigenvalue weighted by molar-refractivity contribution is 6.30. The number of hydrogen-bond acceptors (Lipinski definition) is 3. The van der Waals surface area contributed by atoms with Gasteiger partial charge in [0.15, 0.2) is 0 Å². The molecule has 1 aliphatic rings. The molecule has 2 rings (SSSR count). The number of hydrogen-bond donors (Lipinski definition) is 1. The van der Waals surface area contributed by atoms with Gasteiger partial charge >= 0.3 is 0 Å². The van der Waals surface area contributed by atoms with Crippen LogP contribution in [0.5, 0.6) is 0 Å². The van der Waals surface area contributed by atoms with Gasteiger partial charge in [-0.15, -0.1) is 0 Å². The Kier molecular flexibility index (Phi) is 5.45. The Morgan fingerprint density at radius 3 is 2.89 bits per heavy atom. The standard InChI is InChI=1S/C14H21ClN2O/c1-12(11-17-5-7-18-8-6-17)16-10-13-3-2-4-14(15)9-13/h2-4,9,12,16H,5-8,10-11H2,1H3. The van der Waals surface area contributed by atoms with Crippen LogP contribution in [-0.4, -0.2) is 43.8 Å². The van der Waals surface area contributed by atoms with Crippen molar-refractivity contribution in [2.75, 3.05) is 32.8 Å². The van der Waals surface area contributed by atoms with Crippen LogP contribution < -0.4 is 5.32 Å². The fourth-order valence-electron chi connectivity index (χ4n) is 2.17. The Hall–Kier alpha value is -0.610. The van der Waals surface area contributed by atoms with Crippen LogP contribution in [0.25, 0.3) is 0 Å². The van der Waals surface area contributed by atoms with Gasteiger partial charge in [-0.25, -0.2) is 0 Å². The molecule has 0 radical (unpaired) electrons. The molecule has 1 fully saturated rings. The lowest BCUT2D eigenvalue weighted by atomic mass is 10.2. The summed E-state index contributed by atoms with van der Waals surface area (Å²) in [6.45, 7) is 7.98. The summed E-state index contributed by atoms with van der Waals surface area (Å²) in [5.74, 6) is 0. The second-order valence-corrected chi connectivity index (χ2v) is 5.26. The molecule has 0 aliphatic carbocycles. The van der Waals surface area contributed by atoms with E-state index in [4.69, 9.17) is 16.3 Å². The molecule has 18 heavy (non-hydrogen) atoms. The minimum absolute atomic E-state index is 0.474. The molecular weight excluding hydrogens is 248 g/mol. The van der Waals surface area contributed by atoms with Crippen LogP contribution in [0.1, 0.15) is 12.5 Å². The SMILES string of the molecule is CC(CN1CCOCC1)NCc1cccc(Cl)c1. The molecule has 1 saturated heterocycles. The normalized spacial score (nSPS) is 18.8. The highest BCUT2D eigenvalue weighted by Crippen LogP contribution is 2.10. The quantitative estimate of drug-likeness (QED) is 0.886. The predicted molar refractivity (Wildman–Crippen MR) is 75.0 cm³/mol. The summed E-state index contributed by atoms with van der Waals surface area (Å²) in [5, 5.41) is 4.33. The zero-order valence-corrected chi connectivity index (χ0v) is 11.6. The molecule has 1 aromatic rings. The molecule has 0 bridgehead atoms. The zero-order valence-electron chi connectivity index (χ0n) is 10.9. The Morgan fingerprint density at radius 2 is 2.17 bits per heavy atom. The van der Waals surface area contributed by atoms with E-state index < -0.39 is 0 Å². The maximum Gasteiger partial charge on any atom is 0.0594 e. The molecule has 1 heterocycles. The lowest BCUT2D eigenvalue weighted by molar-refractivity contribution is 0.0343. The highest BCUT2D eigenvalue weighted by Gasteiger charge is 2.13. The number of nitrogens with zero attached hydrogens (tertiary/aromatic N) is 1. The summed E-state index contributed by atoms with van der Waals surface area (Å²) in [4.78, 5) is 2.44. The van der Waals surface area contributed by atoms with E-state index in [0.29, 0.717) is 6.04 Å². The van der Waals surface area contributed by atoms with Crippen molar-refractivity contribution in [1.29, 1.82) is 0 Å². The van der Waals surface area contributed by atoms with Gasteiger partial charge in [-0.2, -0.15) is 0 Å². The van der Waals surface area contributed by atoms with Crippen molar-refractivity contribution in [1.82, 2.24) is 10.2 Å². The summed E-state index contributed by atoms with van der Waals surface area (Å²) >= 11 is 5.97. The Morgan fingerprint density at radius 1 is 1.39 bits per heavy atom. The van der Waals surface area contributed by atoms with Crippen molar-refractivity contribution in [2.24, 2.45) is 0 Å². The second kappa shape index (κ2) is 7.10. The fourth-order valence-corrected chi connectivity index (χ4v) is 2.39. The van der Waals surface area contributed by atoms with Crippen molar-refractivity contribution in [3.63, 3.8) is 0 Å². The van der Waals surface area contributed by atoms with E-state index in [9.17, 15) is 0 Å². The van der Waals surface area contributed by atoms with Gasteiger partial charge in [-0.1, -0.05) is 23.7 Å². The van der Waals surface area contributed by atoms with E-state index in [1.54, 1.807) is 0 Å². The molecule has 1 atom stereocenters. The highest BCUT2D eigenvalue weighted by atomic mass is 35.5. The van der Waals surface area contributed by atoms with Crippen LogP contribution >= 0.6 is 11.6 Å². The van der Waals surface area contributed by atoms with Gasteiger partial charge in [0.2, 0.25) is 0 Å². The largest absolute Gasteiger partial charge is 0.379 e. The minimum Gasteiger partial charge on any atom is -0.379 e. The smallest absolute Gasteiger partial charge is 0.0594 e. The second-order valence-electron chi connectivity index (χ2n) is 4.82. The number of nitrogens with one attached hydrogen (secondary N) is 1. The lowest BCUT2D eigenvalue weighted by Crippen LogP contribution is -2.44. The molecule has 0 spiro atoms. The van der Waals surface area contributed by atoms with Crippen molar-refractivity contribution in [3.8, 4) is 0 Å². The van der Waals surface area contributed by atoms with Crippen molar-refractivity contribution < 1.29 is 4.74 Å². The van der Waals surface area contributed by atoms with Gasteiger partial charge in [0.25, 0.3) is 0 Å². The van der Waals surface area contributed by atoms with Crippen LogP contribution in [0.2, 0.25) is 5.02 Å². The molecule has 0 amide bonds. The molecule has 1 N–H and O–H groups in total. The predicted octanol–water partition coefficient (Wildman–Crippen LogP) is 2.15. The molecular formula is C14H21ClN2O. The maximum atomic E-state index is 5.97. The number of ether oxygens (including phenoxy) is 1. The third-order valence-corrected chi connectivity index (χ3v) is 3.41. The van der Waals surface area contributed by atoms with E-state index in [-0.39, 0.29) is 0 Å². The first-order valence-electron chi connectivity index (χ1n) is 6.52. The monoisotopic (exact) mass is 268 g/mol. The number of morpholine rings is 1. The topological polar surface area (TPSA) is 24.5 Å². The van der Waals surface area contributed by atoms with Crippen molar-refractivity contribution in [2.45, 2.75) is 19.5 Å². The van der Waals surface area contributed by atoms with Gasteiger partial charge in [0.1, 0.15) is 0 Å². The van der Waals surface area contributed by atoms with Gasteiger partial charge < -0.3 is 10.1 Å². The van der Waals surface area contributed by atoms with E-state index in [0.717, 1.165) is 44.4 Å². The average Bonchev–Trinajstić information content (AvgIpc) is 2.38. The Balaban J connectivity index is 1.72. The number of benzene rings is 1. The zero-order chi connectivity index (χ0) is 12.8. The van der Waals surface area contributed by atoms with Crippen LogP contribution in [0, 0.1) is 0 Å². The maximum absolute atomic E-state index is 5.97. The van der Waals surface area contributed by atoms with Gasteiger partial charge in [0.05, 0.1) is 13.2 Å². The molecule has 100 valence electrons. The average molecular weight is 269 g/mol. The van der Waals surface area contributed by atoms with E-state index in [2.05, 4.69) is 23.2 Å². The lowest BCUT2D eigenvalue weighted by Gasteiger charge is -2.29. The van der Waals surface area contributed by atoms with Crippen LogP contribution in [0.15, 0.2) is 24.3 Å². The minimum atomic E-state index is 0.474. The van der Waals surface area contributed by atoms with E-state index in [1.165, 1.54) is 5.56 Å². The summed E-state index contributed by atoms with van der Waals surface area (Å²) in [6, 6.07) is 8.48. The molecule has 0 saturated carbocycles. The van der Waals surface area contributed by atoms with Crippen LogP contribution in [-0.2, 0) is 11.3 Å². The van der Waals surface area contributed by atoms with Crippen molar-refractivity contribution in [3.05, 3.63) is 34.9 Å². The fraction of sp³-hybridized carbons (Fsp3) is 0.571. The third-order valence-electron chi connectivity index (χ3n) is 3.18. The molecule has 3 nitrogen and oxygen atoms in total.